The van der Waals surface area contributed by atoms with Crippen molar-refractivity contribution in [1.82, 2.24) is 10.4 Å². The molecule has 1 aromatic carbocycles. The smallest absolute Gasteiger partial charge is 0.243 e. The van der Waals surface area contributed by atoms with Gasteiger partial charge in [-0.15, -0.1) is 0 Å². The Morgan fingerprint density at radius 2 is 1.81 bits per heavy atom. The molecule has 0 aliphatic heterocycles. The summed E-state index contributed by atoms with van der Waals surface area (Å²) < 4.78 is 0. The third kappa shape index (κ3) is 4.88. The Bertz CT molecular complexity index is 1400. The molecule has 0 bridgehead atoms. The van der Waals surface area contributed by atoms with E-state index in [2.05, 4.69) is 17.7 Å². The monoisotopic (exact) mass is 598 g/mol. The molecule has 43 heavy (non-hydrogen) atoms. The van der Waals surface area contributed by atoms with Gasteiger partial charge >= 0.3 is 0 Å². The number of hydroxylamine groups is 1. The molecule has 0 spiro atoms. The molecule has 2 amide bonds. The Balaban J connectivity index is 1.43. The van der Waals surface area contributed by atoms with Crippen LogP contribution < -0.4 is 16.5 Å². The van der Waals surface area contributed by atoms with Gasteiger partial charge in [0.2, 0.25) is 11.8 Å². The Labute approximate surface area is 248 Å². The number of phenols is 1. The lowest BCUT2D eigenvalue weighted by Crippen LogP contribution is -2.74. The quantitative estimate of drug-likeness (QED) is 0.152. The van der Waals surface area contributed by atoms with E-state index in [1.165, 1.54) is 25.1 Å². The SMILES string of the molecule is CCC(NOC1CC(C)C1)C(=O)Nc1ccc2c(c1O)C(=O)C1C(=O)[C@]3(O)C(=O)C(C(N)=O)C(=O)[C@@H](N(C)C)C3CC1C2. The number of nitrogens with one attached hydrogen (secondary N) is 2. The molecule has 13 heteroatoms. The van der Waals surface area contributed by atoms with Crippen molar-refractivity contribution >= 4 is 40.6 Å². The van der Waals surface area contributed by atoms with Crippen LogP contribution in [-0.4, -0.2) is 87.9 Å². The number of carbonyl (C=O) groups excluding carboxylic acids is 6. The number of ketones is 4. The maximum absolute atomic E-state index is 13.9. The Morgan fingerprint density at radius 1 is 1.14 bits per heavy atom. The highest BCUT2D eigenvalue weighted by Crippen LogP contribution is 2.51. The number of hydrogen-bond donors (Lipinski definition) is 5. The van der Waals surface area contributed by atoms with E-state index in [9.17, 15) is 39.0 Å². The van der Waals surface area contributed by atoms with E-state index >= 15 is 0 Å². The Hall–Kier alpha value is -3.52. The molecule has 0 aromatic heterocycles. The number of Topliss-reactive ketones (excluding diaryl/α,β-unsaturated/α-hetero) is 4. The highest BCUT2D eigenvalue weighted by molar-refractivity contribution is 6.32. The summed E-state index contributed by atoms with van der Waals surface area (Å²) in [4.78, 5) is 86.5. The lowest BCUT2D eigenvalue weighted by Gasteiger charge is -2.52. The number of hydrogen-bond acceptors (Lipinski definition) is 11. The molecule has 232 valence electrons. The van der Waals surface area contributed by atoms with E-state index in [1.54, 1.807) is 13.0 Å². The summed E-state index contributed by atoms with van der Waals surface area (Å²) in [6, 6.07) is 1.15. The van der Waals surface area contributed by atoms with Crippen molar-refractivity contribution in [3.63, 3.8) is 0 Å². The standard InChI is InChI=1S/C30H38N4O9/c1-5-17(33-43-15-8-12(2)9-15)29(41)32-18-7-6-13-10-14-11-16-22(34(3)4)25(37)21(28(31)40)27(39)30(16,42)26(38)20(14)24(36)19(13)23(18)35/h6-7,12,14-17,20-22,33,35,42H,5,8-11H2,1-4H3,(H2,31,40)(H,32,41)/t12?,14?,15?,16?,17?,20?,21?,22-,30-/m0/s1. The average Bonchev–Trinajstić information content (AvgIpc) is 2.91. The summed E-state index contributed by atoms with van der Waals surface area (Å²) in [5, 5.41) is 25.4. The third-order valence-electron chi connectivity index (χ3n) is 9.62. The van der Waals surface area contributed by atoms with Crippen molar-refractivity contribution in [1.29, 1.82) is 0 Å². The van der Waals surface area contributed by atoms with Crippen LogP contribution in [0.25, 0.3) is 0 Å². The Kier molecular flexibility index (Phi) is 8.05. The first-order valence-electron chi connectivity index (χ1n) is 14.6. The van der Waals surface area contributed by atoms with Gasteiger partial charge in [-0.05, 0) is 69.7 Å². The molecule has 0 saturated heterocycles. The van der Waals surface area contributed by atoms with Gasteiger partial charge in [-0.3, -0.25) is 38.5 Å². The highest BCUT2D eigenvalue weighted by Gasteiger charge is 2.69. The van der Waals surface area contributed by atoms with Crippen molar-refractivity contribution < 1.29 is 43.8 Å². The fourth-order valence-electron chi connectivity index (χ4n) is 7.33. The number of aromatic hydroxyl groups is 1. The second kappa shape index (κ2) is 11.2. The van der Waals surface area contributed by atoms with Crippen molar-refractivity contribution in [3.8, 4) is 5.75 Å². The normalized spacial score (nSPS) is 34.1. The molecule has 3 saturated carbocycles. The summed E-state index contributed by atoms with van der Waals surface area (Å²) in [7, 11) is 3.06. The molecule has 5 unspecified atom stereocenters. The van der Waals surface area contributed by atoms with E-state index in [1.807, 2.05) is 0 Å². The largest absolute Gasteiger partial charge is 0.505 e. The molecule has 3 fully saturated rings. The van der Waals surface area contributed by atoms with Crippen molar-refractivity contribution in [2.45, 2.75) is 69.7 Å². The van der Waals surface area contributed by atoms with Gasteiger partial charge in [0.1, 0.15) is 11.8 Å². The molecular weight excluding hydrogens is 560 g/mol. The minimum Gasteiger partial charge on any atom is -0.505 e. The second-order valence-electron chi connectivity index (χ2n) is 12.7. The van der Waals surface area contributed by atoms with Crippen LogP contribution in [0.2, 0.25) is 0 Å². The van der Waals surface area contributed by atoms with E-state index < -0.39 is 82.1 Å². The minimum absolute atomic E-state index is 0.0161. The maximum atomic E-state index is 13.9. The number of rotatable bonds is 8. The second-order valence-corrected chi connectivity index (χ2v) is 12.7. The number of carbonyl (C=O) groups is 6. The molecule has 7 atom stereocenters. The van der Waals surface area contributed by atoms with Gasteiger partial charge in [0.15, 0.2) is 34.7 Å². The number of fused-ring (bicyclic) bond motifs is 3. The molecule has 4 aliphatic rings. The Morgan fingerprint density at radius 3 is 2.40 bits per heavy atom. The predicted octanol–water partition coefficient (Wildman–Crippen LogP) is -0.0962. The number of aliphatic hydroxyl groups is 1. The molecule has 5 rings (SSSR count). The zero-order chi connectivity index (χ0) is 31.5. The average molecular weight is 599 g/mol. The number of benzene rings is 1. The number of phenolic OH excluding ortho intramolecular Hbond substituents is 1. The molecule has 0 heterocycles. The predicted molar refractivity (Wildman–Crippen MR) is 150 cm³/mol. The van der Waals surface area contributed by atoms with Gasteiger partial charge in [-0.1, -0.05) is 19.9 Å². The van der Waals surface area contributed by atoms with Crippen molar-refractivity contribution in [2.75, 3.05) is 19.4 Å². The van der Waals surface area contributed by atoms with Gasteiger partial charge in [-0.25, -0.2) is 0 Å². The fraction of sp³-hybridized carbons (Fsp3) is 0.600. The van der Waals surface area contributed by atoms with E-state index in [4.69, 9.17) is 10.6 Å². The molecule has 6 N–H and O–H groups in total. The summed E-state index contributed by atoms with van der Waals surface area (Å²) in [5.74, 6) is -11.2. The first kappa shape index (κ1) is 30.9. The lowest BCUT2D eigenvalue weighted by atomic mass is 9.52. The number of likely N-dealkylation sites (N-methyl/N-ethyl adjacent to an activating group) is 1. The molecule has 1 aromatic rings. The molecule has 0 radical (unpaired) electrons. The third-order valence-corrected chi connectivity index (χ3v) is 9.62. The van der Waals surface area contributed by atoms with Crippen LogP contribution in [0.15, 0.2) is 12.1 Å². The molecule has 4 aliphatic carbocycles. The van der Waals surface area contributed by atoms with E-state index in [-0.39, 0.29) is 30.2 Å². The van der Waals surface area contributed by atoms with Gasteiger partial charge in [0.05, 0.1) is 29.3 Å². The van der Waals surface area contributed by atoms with Gasteiger partial charge in [0, 0.05) is 5.92 Å². The molecular formula is C30H38N4O9. The van der Waals surface area contributed by atoms with Crippen LogP contribution in [0.3, 0.4) is 0 Å². The molecule has 13 nitrogen and oxygen atoms in total. The number of anilines is 1. The number of nitrogens with zero attached hydrogens (tertiary/aromatic N) is 1. The summed E-state index contributed by atoms with van der Waals surface area (Å²) in [6.07, 6.45) is 2.27. The van der Waals surface area contributed by atoms with Crippen LogP contribution in [0.1, 0.15) is 55.5 Å². The number of nitrogens with two attached hydrogens (primary N) is 1. The summed E-state index contributed by atoms with van der Waals surface area (Å²) in [6.45, 7) is 3.90. The zero-order valence-electron chi connectivity index (χ0n) is 24.6. The summed E-state index contributed by atoms with van der Waals surface area (Å²) >= 11 is 0. The fourth-order valence-corrected chi connectivity index (χ4v) is 7.33. The van der Waals surface area contributed by atoms with Crippen molar-refractivity contribution in [2.24, 2.45) is 35.3 Å². The maximum Gasteiger partial charge on any atom is 0.243 e. The van der Waals surface area contributed by atoms with Gasteiger partial charge in [-0.2, -0.15) is 5.48 Å². The first-order chi connectivity index (χ1) is 20.2. The lowest BCUT2D eigenvalue weighted by molar-refractivity contribution is -0.181. The minimum atomic E-state index is -2.80. The van der Waals surface area contributed by atoms with E-state index in [0.29, 0.717) is 17.9 Å². The zero-order valence-corrected chi connectivity index (χ0v) is 24.6. The van der Waals surface area contributed by atoms with E-state index in [0.717, 1.165) is 12.8 Å². The highest BCUT2D eigenvalue weighted by atomic mass is 16.7. The topological polar surface area (TPSA) is 205 Å². The number of amides is 2. The van der Waals surface area contributed by atoms with Crippen LogP contribution in [-0.2, 0) is 35.2 Å². The first-order valence-corrected chi connectivity index (χ1v) is 14.6. The van der Waals surface area contributed by atoms with Gasteiger partial charge < -0.3 is 21.3 Å². The van der Waals surface area contributed by atoms with Crippen LogP contribution in [0, 0.1) is 29.6 Å². The van der Waals surface area contributed by atoms with Crippen LogP contribution >= 0.6 is 0 Å². The van der Waals surface area contributed by atoms with Crippen LogP contribution in [0.4, 0.5) is 5.69 Å². The number of primary amides is 1. The summed E-state index contributed by atoms with van der Waals surface area (Å²) in [5.41, 5.74) is 5.52. The van der Waals surface area contributed by atoms with Crippen LogP contribution in [0.5, 0.6) is 5.75 Å². The van der Waals surface area contributed by atoms with Crippen molar-refractivity contribution in [3.05, 3.63) is 23.3 Å². The van der Waals surface area contributed by atoms with Gasteiger partial charge in [0.25, 0.3) is 0 Å².